The molecule has 3 aromatic rings. The summed E-state index contributed by atoms with van der Waals surface area (Å²) in [7, 11) is 0. The second-order valence-electron chi connectivity index (χ2n) is 4.82. The van der Waals surface area contributed by atoms with Gasteiger partial charge in [0.1, 0.15) is 0 Å². The molecule has 1 heterocycles. The molecule has 0 bridgehead atoms. The first-order valence-electron chi connectivity index (χ1n) is 6.68. The van der Waals surface area contributed by atoms with E-state index in [4.69, 9.17) is 0 Å². The number of pyridine rings is 1. The van der Waals surface area contributed by atoms with E-state index in [-0.39, 0.29) is 11.1 Å². The molecule has 0 aliphatic heterocycles. The number of para-hydroxylation sites is 1. The second-order valence-corrected chi connectivity index (χ2v) is 4.82. The van der Waals surface area contributed by atoms with Gasteiger partial charge in [0.05, 0.1) is 4.92 Å². The number of nitro groups is 1. The van der Waals surface area contributed by atoms with Gasteiger partial charge in [0.25, 0.3) is 5.69 Å². The third kappa shape index (κ3) is 2.78. The molecule has 0 fully saturated rings. The van der Waals surface area contributed by atoms with Gasteiger partial charge in [-0.05, 0) is 35.9 Å². The van der Waals surface area contributed by atoms with Gasteiger partial charge in [-0.1, -0.05) is 18.2 Å². The fourth-order valence-corrected chi connectivity index (χ4v) is 2.20. The summed E-state index contributed by atoms with van der Waals surface area (Å²) in [6.07, 6.45) is 3.57. The summed E-state index contributed by atoms with van der Waals surface area (Å²) >= 11 is 0. The summed E-state index contributed by atoms with van der Waals surface area (Å²) in [6.45, 7) is 0. The van der Waals surface area contributed by atoms with Gasteiger partial charge < -0.3 is 4.98 Å². The van der Waals surface area contributed by atoms with Crippen molar-refractivity contribution < 1.29 is 4.92 Å². The molecular weight excluding hydrogens is 280 g/mol. The van der Waals surface area contributed by atoms with Crippen LogP contribution in [0.5, 0.6) is 0 Å². The Morgan fingerprint density at radius 3 is 2.45 bits per heavy atom. The molecule has 108 valence electrons. The molecule has 2 aromatic carbocycles. The van der Waals surface area contributed by atoms with Crippen molar-refractivity contribution in [3.8, 4) is 0 Å². The van der Waals surface area contributed by atoms with Crippen LogP contribution in [0.1, 0.15) is 11.3 Å². The predicted molar refractivity (Wildman–Crippen MR) is 86.6 cm³/mol. The quantitative estimate of drug-likeness (QED) is 0.592. The van der Waals surface area contributed by atoms with Crippen molar-refractivity contribution in [2.24, 2.45) is 0 Å². The summed E-state index contributed by atoms with van der Waals surface area (Å²) in [5.74, 6) is 0. The molecule has 0 saturated carbocycles. The maximum Gasteiger partial charge on any atom is 0.269 e. The van der Waals surface area contributed by atoms with Gasteiger partial charge in [0.2, 0.25) is 0 Å². The highest BCUT2D eigenvalue weighted by molar-refractivity contribution is 5.80. The van der Waals surface area contributed by atoms with Crippen molar-refractivity contribution >= 4 is 28.7 Å². The Hall–Kier alpha value is -3.21. The molecule has 22 heavy (non-hydrogen) atoms. The number of hydrogen-bond acceptors (Lipinski definition) is 3. The van der Waals surface area contributed by atoms with Gasteiger partial charge in [-0.3, -0.25) is 14.9 Å². The highest BCUT2D eigenvalue weighted by Gasteiger charge is 2.02. The first-order valence-corrected chi connectivity index (χ1v) is 6.68. The summed E-state index contributed by atoms with van der Waals surface area (Å²) in [4.78, 5) is 25.3. The number of nitrogens with zero attached hydrogens (tertiary/aromatic N) is 1. The van der Waals surface area contributed by atoms with Gasteiger partial charge in [0, 0.05) is 34.8 Å². The van der Waals surface area contributed by atoms with E-state index in [2.05, 4.69) is 4.98 Å². The molecular formula is C17H12N2O3. The number of nitrogens with one attached hydrogen (secondary N) is 1. The fourth-order valence-electron chi connectivity index (χ4n) is 2.20. The average Bonchev–Trinajstić information content (AvgIpc) is 2.53. The third-order valence-electron chi connectivity index (χ3n) is 3.32. The number of nitro benzene ring substituents is 1. The number of non-ortho nitro benzene ring substituents is 1. The first kappa shape index (κ1) is 13.8. The van der Waals surface area contributed by atoms with E-state index >= 15 is 0 Å². The van der Waals surface area contributed by atoms with Crippen molar-refractivity contribution in [2.75, 3.05) is 0 Å². The number of aromatic amines is 1. The molecule has 1 aromatic heterocycles. The molecule has 0 aliphatic rings. The molecule has 1 N–H and O–H groups in total. The van der Waals surface area contributed by atoms with Crippen LogP contribution in [0.3, 0.4) is 0 Å². The van der Waals surface area contributed by atoms with E-state index in [1.807, 2.05) is 18.2 Å². The zero-order valence-corrected chi connectivity index (χ0v) is 11.5. The summed E-state index contributed by atoms with van der Waals surface area (Å²) < 4.78 is 0. The number of hydrogen-bond donors (Lipinski definition) is 1. The summed E-state index contributed by atoms with van der Waals surface area (Å²) in [5.41, 5.74) is 2.29. The predicted octanol–water partition coefficient (Wildman–Crippen LogP) is 3.61. The summed E-state index contributed by atoms with van der Waals surface area (Å²) in [6, 6.07) is 15.1. The minimum atomic E-state index is -0.436. The van der Waals surface area contributed by atoms with Gasteiger partial charge >= 0.3 is 0 Å². The molecule has 0 spiro atoms. The topological polar surface area (TPSA) is 76.0 Å². The van der Waals surface area contributed by atoms with E-state index in [1.165, 1.54) is 18.2 Å². The lowest BCUT2D eigenvalue weighted by molar-refractivity contribution is -0.384. The van der Waals surface area contributed by atoms with E-state index in [9.17, 15) is 14.9 Å². The van der Waals surface area contributed by atoms with Crippen LogP contribution in [0.2, 0.25) is 0 Å². The number of aromatic nitrogens is 1. The minimum Gasteiger partial charge on any atom is -0.355 e. The van der Waals surface area contributed by atoms with Crippen molar-refractivity contribution in [3.05, 3.63) is 86.2 Å². The van der Waals surface area contributed by atoms with Crippen LogP contribution in [-0.4, -0.2) is 9.91 Å². The first-order chi connectivity index (χ1) is 10.6. The minimum absolute atomic E-state index is 0.0438. The lowest BCUT2D eigenvalue weighted by atomic mass is 10.1. The lowest BCUT2D eigenvalue weighted by Gasteiger charge is -2.00. The Balaban J connectivity index is 1.92. The maximum atomic E-state index is 12.0. The van der Waals surface area contributed by atoms with Gasteiger partial charge in [-0.25, -0.2) is 0 Å². The standard InChI is InChI=1S/C17H12N2O3/c20-17-11-13(18-16-4-2-1-3-15(16)17)8-5-12-6-9-14(10-7-12)19(21)22/h1-11H,(H,18,20). The summed E-state index contributed by atoms with van der Waals surface area (Å²) in [5, 5.41) is 11.2. The van der Waals surface area contributed by atoms with Gasteiger partial charge in [-0.2, -0.15) is 0 Å². The normalized spacial score (nSPS) is 11.1. The van der Waals surface area contributed by atoms with Crippen LogP contribution < -0.4 is 5.43 Å². The Morgan fingerprint density at radius 2 is 1.73 bits per heavy atom. The smallest absolute Gasteiger partial charge is 0.269 e. The molecule has 0 saturated heterocycles. The number of fused-ring (bicyclic) bond motifs is 1. The maximum absolute atomic E-state index is 12.0. The number of rotatable bonds is 3. The molecule has 5 heteroatoms. The highest BCUT2D eigenvalue weighted by Crippen LogP contribution is 2.14. The molecule has 5 nitrogen and oxygen atoms in total. The Morgan fingerprint density at radius 1 is 1.00 bits per heavy atom. The largest absolute Gasteiger partial charge is 0.355 e. The van der Waals surface area contributed by atoms with Crippen LogP contribution >= 0.6 is 0 Å². The van der Waals surface area contributed by atoms with E-state index < -0.39 is 4.92 Å². The Labute approximate surface area is 125 Å². The van der Waals surface area contributed by atoms with Crippen LogP contribution in [0.4, 0.5) is 5.69 Å². The molecule has 3 rings (SSSR count). The van der Waals surface area contributed by atoms with Crippen molar-refractivity contribution in [3.63, 3.8) is 0 Å². The second kappa shape index (κ2) is 5.65. The number of benzene rings is 2. The van der Waals surface area contributed by atoms with E-state index in [0.717, 1.165) is 11.1 Å². The Bertz CT molecular complexity index is 925. The van der Waals surface area contributed by atoms with Gasteiger partial charge in [0.15, 0.2) is 5.43 Å². The van der Waals surface area contributed by atoms with Crippen molar-refractivity contribution in [1.29, 1.82) is 0 Å². The van der Waals surface area contributed by atoms with Crippen LogP contribution in [-0.2, 0) is 0 Å². The zero-order valence-electron chi connectivity index (χ0n) is 11.5. The molecule has 0 amide bonds. The monoisotopic (exact) mass is 292 g/mol. The molecule has 0 unspecified atom stereocenters. The van der Waals surface area contributed by atoms with Crippen LogP contribution in [0.25, 0.3) is 23.1 Å². The zero-order chi connectivity index (χ0) is 15.5. The highest BCUT2D eigenvalue weighted by atomic mass is 16.6. The van der Waals surface area contributed by atoms with E-state index in [0.29, 0.717) is 11.1 Å². The van der Waals surface area contributed by atoms with Crippen molar-refractivity contribution in [2.45, 2.75) is 0 Å². The molecule has 0 aliphatic carbocycles. The van der Waals surface area contributed by atoms with E-state index in [1.54, 1.807) is 30.4 Å². The third-order valence-corrected chi connectivity index (χ3v) is 3.32. The molecule has 0 radical (unpaired) electrons. The van der Waals surface area contributed by atoms with Crippen molar-refractivity contribution in [1.82, 2.24) is 4.98 Å². The number of H-pyrrole nitrogens is 1. The average molecular weight is 292 g/mol. The Kier molecular flexibility index (Phi) is 3.53. The molecule has 0 atom stereocenters. The SMILES string of the molecule is O=c1cc(C=Cc2ccc([N+](=O)[O-])cc2)[nH]c2ccccc12. The van der Waals surface area contributed by atoms with Crippen LogP contribution in [0.15, 0.2) is 59.4 Å². The van der Waals surface area contributed by atoms with Crippen LogP contribution in [0, 0.1) is 10.1 Å². The fraction of sp³-hybridized carbons (Fsp3) is 0. The van der Waals surface area contributed by atoms with Gasteiger partial charge in [-0.15, -0.1) is 0 Å². The lowest BCUT2D eigenvalue weighted by Crippen LogP contribution is -2.02.